The molecule has 0 saturated heterocycles. The molecule has 0 saturated carbocycles. The van der Waals surface area contributed by atoms with Crippen LogP contribution in [0.5, 0.6) is 0 Å². The summed E-state index contributed by atoms with van der Waals surface area (Å²) in [4.78, 5) is 23.6. The Hall–Kier alpha value is -1.60. The second-order valence-electron chi connectivity index (χ2n) is 3.57. The lowest BCUT2D eigenvalue weighted by atomic mass is 10.1. The lowest BCUT2D eigenvalue weighted by Gasteiger charge is -2.08. The smallest absolute Gasteiger partial charge is 0.404 e. The van der Waals surface area contributed by atoms with Gasteiger partial charge >= 0.3 is 12.1 Å². The van der Waals surface area contributed by atoms with E-state index in [2.05, 4.69) is 21.9 Å². The number of amides is 1. The second-order valence-corrected chi connectivity index (χ2v) is 3.57. The van der Waals surface area contributed by atoms with Crippen molar-refractivity contribution in [3.63, 3.8) is 0 Å². The minimum atomic E-state index is -0.770. The van der Waals surface area contributed by atoms with Gasteiger partial charge in [-0.25, -0.2) is 9.59 Å². The van der Waals surface area contributed by atoms with Gasteiger partial charge in [0.1, 0.15) is 12.6 Å². The Morgan fingerprint density at radius 2 is 2.00 bits per heavy atom. The minimum absolute atomic E-state index is 0.190. The summed E-state index contributed by atoms with van der Waals surface area (Å²) in [7, 11) is 0. The highest BCUT2D eigenvalue weighted by Crippen LogP contribution is 2.02. The molecule has 5 N–H and O–H groups in total. The molecule has 0 aliphatic carbocycles. The molecule has 0 fully saturated rings. The molecule has 0 aromatic carbocycles. The predicted octanol–water partition coefficient (Wildman–Crippen LogP) is 0.644. The Morgan fingerprint density at radius 1 is 1.47 bits per heavy atom. The summed E-state index contributed by atoms with van der Waals surface area (Å²) in [5, 5.41) is 7.89. The summed E-state index contributed by atoms with van der Waals surface area (Å²) < 4.78 is 4.21. The van der Waals surface area contributed by atoms with E-state index in [0.29, 0.717) is 12.3 Å². The molecule has 7 heteroatoms. The van der Waals surface area contributed by atoms with Gasteiger partial charge < -0.3 is 16.2 Å². The van der Waals surface area contributed by atoms with Gasteiger partial charge in [0.25, 0.3) is 0 Å². The van der Waals surface area contributed by atoms with E-state index in [4.69, 9.17) is 11.0 Å². The predicted molar refractivity (Wildman–Crippen MR) is 61.9 cm³/mol. The van der Waals surface area contributed by atoms with E-state index in [-0.39, 0.29) is 6.61 Å². The first kappa shape index (κ1) is 17.8. The highest BCUT2D eigenvalue weighted by molar-refractivity contribution is 5.74. The van der Waals surface area contributed by atoms with E-state index in [1.54, 1.807) is 0 Å². The Labute approximate surface area is 100 Å². The van der Waals surface area contributed by atoms with Crippen LogP contribution in [0, 0.1) is 5.92 Å². The average molecular weight is 248 g/mol. The third-order valence-electron chi connectivity index (χ3n) is 1.46. The number of primary amides is 1. The van der Waals surface area contributed by atoms with Crippen molar-refractivity contribution < 1.29 is 24.5 Å². The Morgan fingerprint density at radius 3 is 2.24 bits per heavy atom. The van der Waals surface area contributed by atoms with Crippen molar-refractivity contribution >= 4 is 12.1 Å². The van der Waals surface area contributed by atoms with E-state index >= 15 is 0 Å². The van der Waals surface area contributed by atoms with Crippen molar-refractivity contribution in [1.82, 2.24) is 0 Å². The third kappa shape index (κ3) is 14.4. The van der Waals surface area contributed by atoms with Crippen molar-refractivity contribution in [2.45, 2.75) is 26.3 Å². The standard InChI is InChI=1S/C6H13NO3.C4H7NO2/c1-4(2)3-5(7)6(8)10-9;1-2-3-7-4(5)6/h4-5,9H,3,7H2,1-2H3;2H,1,3H2,(H2,5,6)/t5-;/m0./s1. The lowest BCUT2D eigenvalue weighted by Crippen LogP contribution is -2.32. The van der Waals surface area contributed by atoms with Crippen LogP contribution in [0.15, 0.2) is 12.7 Å². The summed E-state index contributed by atoms with van der Waals surface area (Å²) in [6, 6.07) is -0.704. The monoisotopic (exact) mass is 248 g/mol. The number of ether oxygens (including phenoxy) is 1. The SMILES string of the molecule is C=CCOC(N)=O.CC(C)C[C@H](N)C(=O)OO. The van der Waals surface area contributed by atoms with Gasteiger partial charge in [0.05, 0.1) is 0 Å². The molecule has 0 aromatic rings. The van der Waals surface area contributed by atoms with E-state index in [1.807, 2.05) is 13.8 Å². The molecule has 100 valence electrons. The molecule has 0 aliphatic heterocycles. The van der Waals surface area contributed by atoms with Gasteiger partial charge in [-0.2, -0.15) is 5.26 Å². The summed E-state index contributed by atoms with van der Waals surface area (Å²) in [6.45, 7) is 7.36. The normalized spacial score (nSPS) is 10.9. The van der Waals surface area contributed by atoms with Gasteiger partial charge in [-0.15, -0.1) is 0 Å². The van der Waals surface area contributed by atoms with E-state index in [1.165, 1.54) is 6.08 Å². The fourth-order valence-corrected chi connectivity index (χ4v) is 0.813. The molecular weight excluding hydrogens is 228 g/mol. The summed E-state index contributed by atoms with van der Waals surface area (Å²) in [5.74, 6) is -0.442. The first-order chi connectivity index (χ1) is 7.84. The van der Waals surface area contributed by atoms with Crippen molar-refractivity contribution in [3.05, 3.63) is 12.7 Å². The Kier molecular flexibility index (Phi) is 11.4. The van der Waals surface area contributed by atoms with Crippen molar-refractivity contribution in [2.24, 2.45) is 17.4 Å². The fraction of sp³-hybridized carbons (Fsp3) is 0.600. The summed E-state index contributed by atoms with van der Waals surface area (Å²) in [6.07, 6.45) is 1.21. The first-order valence-corrected chi connectivity index (χ1v) is 4.99. The molecule has 0 bridgehead atoms. The van der Waals surface area contributed by atoms with Gasteiger partial charge in [0.15, 0.2) is 0 Å². The molecule has 0 unspecified atom stereocenters. The molecule has 0 radical (unpaired) electrons. The number of carbonyl (C=O) groups is 2. The zero-order valence-corrected chi connectivity index (χ0v) is 10.1. The second kappa shape index (κ2) is 10.9. The third-order valence-corrected chi connectivity index (χ3v) is 1.46. The topological polar surface area (TPSA) is 125 Å². The van der Waals surface area contributed by atoms with Crippen molar-refractivity contribution in [2.75, 3.05) is 6.61 Å². The molecule has 0 heterocycles. The quantitative estimate of drug-likeness (QED) is 0.372. The average Bonchev–Trinajstić information content (AvgIpc) is 2.25. The lowest BCUT2D eigenvalue weighted by molar-refractivity contribution is -0.236. The molecule has 1 amide bonds. The highest BCUT2D eigenvalue weighted by atomic mass is 17.1. The molecule has 17 heavy (non-hydrogen) atoms. The van der Waals surface area contributed by atoms with Gasteiger partial charge in [0, 0.05) is 0 Å². The fourth-order valence-electron chi connectivity index (χ4n) is 0.813. The minimum Gasteiger partial charge on any atom is -0.445 e. The zero-order valence-electron chi connectivity index (χ0n) is 10.1. The number of hydrogen-bond donors (Lipinski definition) is 3. The summed E-state index contributed by atoms with van der Waals surface area (Å²) in [5.41, 5.74) is 9.86. The maximum atomic E-state index is 10.5. The Balaban J connectivity index is 0. The molecule has 1 atom stereocenters. The van der Waals surface area contributed by atoms with Crippen LogP contribution in [0.25, 0.3) is 0 Å². The maximum absolute atomic E-state index is 10.5. The summed E-state index contributed by atoms with van der Waals surface area (Å²) >= 11 is 0. The molecule has 0 aliphatic rings. The highest BCUT2D eigenvalue weighted by Gasteiger charge is 2.15. The number of nitrogens with two attached hydrogens (primary N) is 2. The van der Waals surface area contributed by atoms with E-state index in [9.17, 15) is 9.59 Å². The molecule has 0 aromatic heterocycles. The van der Waals surface area contributed by atoms with Crippen molar-refractivity contribution in [1.29, 1.82) is 0 Å². The van der Waals surface area contributed by atoms with Crippen LogP contribution in [0.2, 0.25) is 0 Å². The van der Waals surface area contributed by atoms with Crippen LogP contribution in [-0.4, -0.2) is 30.0 Å². The van der Waals surface area contributed by atoms with Gasteiger partial charge in [0.2, 0.25) is 0 Å². The van der Waals surface area contributed by atoms with Crippen LogP contribution in [0.3, 0.4) is 0 Å². The van der Waals surface area contributed by atoms with E-state index < -0.39 is 18.1 Å². The zero-order chi connectivity index (χ0) is 13.8. The number of rotatable bonds is 5. The van der Waals surface area contributed by atoms with Crippen LogP contribution in [0.1, 0.15) is 20.3 Å². The Bertz CT molecular complexity index is 243. The molecular formula is C10H20N2O5. The molecule has 0 spiro atoms. The van der Waals surface area contributed by atoms with Gasteiger partial charge in [-0.1, -0.05) is 26.5 Å². The van der Waals surface area contributed by atoms with Gasteiger partial charge in [-0.05, 0) is 12.3 Å². The largest absolute Gasteiger partial charge is 0.445 e. The van der Waals surface area contributed by atoms with Crippen LogP contribution in [0.4, 0.5) is 4.79 Å². The maximum Gasteiger partial charge on any atom is 0.404 e. The van der Waals surface area contributed by atoms with Gasteiger partial charge in [-0.3, -0.25) is 4.89 Å². The molecule has 7 nitrogen and oxygen atoms in total. The van der Waals surface area contributed by atoms with Crippen LogP contribution >= 0.6 is 0 Å². The number of carbonyl (C=O) groups excluding carboxylic acids is 2. The van der Waals surface area contributed by atoms with E-state index in [0.717, 1.165) is 0 Å². The molecule has 0 rings (SSSR count). The first-order valence-electron chi connectivity index (χ1n) is 4.99. The van der Waals surface area contributed by atoms with Crippen LogP contribution in [-0.2, 0) is 14.4 Å². The van der Waals surface area contributed by atoms with Crippen LogP contribution < -0.4 is 11.5 Å². The van der Waals surface area contributed by atoms with Crippen molar-refractivity contribution in [3.8, 4) is 0 Å². The number of hydrogen-bond acceptors (Lipinski definition) is 6.